The predicted molar refractivity (Wildman–Crippen MR) is 104 cm³/mol. The van der Waals surface area contributed by atoms with Crippen LogP contribution in [0.1, 0.15) is 25.7 Å². The molecule has 1 aliphatic rings. The van der Waals surface area contributed by atoms with E-state index in [-0.39, 0.29) is 12.8 Å². The van der Waals surface area contributed by atoms with Gasteiger partial charge in [-0.3, -0.25) is 9.59 Å². The van der Waals surface area contributed by atoms with Gasteiger partial charge in [0.05, 0.1) is 17.5 Å². The number of nitrogens with one attached hydrogen (secondary N) is 1. The molecule has 0 aliphatic heterocycles. The Morgan fingerprint density at radius 1 is 1.10 bits per heavy atom. The zero-order valence-electron chi connectivity index (χ0n) is 15.5. The highest BCUT2D eigenvalue weighted by Gasteiger charge is 2.63. The summed E-state index contributed by atoms with van der Waals surface area (Å²) in [5, 5.41) is -3.40. The first kappa shape index (κ1) is 25.7. The summed E-state index contributed by atoms with van der Waals surface area (Å²) in [6.07, 6.45) is -9.84. The van der Waals surface area contributed by atoms with E-state index in [0.29, 0.717) is 22.1 Å². The number of carbonyl (C=O) groups excluding carboxylic acids is 2. The SMILES string of the molecule is O=C(Nc1ccccc1I)C1CCCCC1C(=O)OC(C(F)(F)F)C(F)(F)S(=O)(=O)[O-]. The number of esters is 1. The van der Waals surface area contributed by atoms with Crippen molar-refractivity contribution in [3.8, 4) is 0 Å². The highest BCUT2D eigenvalue weighted by molar-refractivity contribution is 14.1. The minimum Gasteiger partial charge on any atom is -0.743 e. The Kier molecular flexibility index (Phi) is 7.90. The first-order chi connectivity index (χ1) is 14.2. The van der Waals surface area contributed by atoms with Gasteiger partial charge in [0.2, 0.25) is 5.91 Å². The van der Waals surface area contributed by atoms with Gasteiger partial charge in [0.1, 0.15) is 0 Å². The molecule has 1 amide bonds. The highest BCUT2D eigenvalue weighted by Crippen LogP contribution is 2.40. The maximum absolute atomic E-state index is 13.6. The molecule has 0 radical (unpaired) electrons. The van der Waals surface area contributed by atoms with Crippen molar-refractivity contribution in [1.29, 1.82) is 0 Å². The van der Waals surface area contributed by atoms with Crippen LogP contribution in [0.15, 0.2) is 24.3 Å². The van der Waals surface area contributed by atoms with Crippen LogP contribution in [0.25, 0.3) is 0 Å². The molecule has 1 aromatic rings. The largest absolute Gasteiger partial charge is 0.743 e. The molecule has 174 valence electrons. The molecule has 1 aromatic carbocycles. The summed E-state index contributed by atoms with van der Waals surface area (Å²) >= 11 is 1.92. The topological polar surface area (TPSA) is 113 Å². The molecule has 2 rings (SSSR count). The first-order valence-electron chi connectivity index (χ1n) is 8.82. The lowest BCUT2D eigenvalue weighted by Gasteiger charge is -2.33. The van der Waals surface area contributed by atoms with Gasteiger partial charge >= 0.3 is 17.4 Å². The van der Waals surface area contributed by atoms with Crippen molar-refractivity contribution >= 4 is 50.3 Å². The van der Waals surface area contributed by atoms with Crippen LogP contribution in [0, 0.1) is 15.4 Å². The van der Waals surface area contributed by atoms with E-state index in [1.807, 2.05) is 22.6 Å². The molecule has 1 aliphatic carbocycles. The van der Waals surface area contributed by atoms with Crippen molar-refractivity contribution in [3.63, 3.8) is 0 Å². The van der Waals surface area contributed by atoms with Crippen molar-refractivity contribution in [2.75, 3.05) is 5.32 Å². The van der Waals surface area contributed by atoms with Gasteiger partial charge in [-0.15, -0.1) is 0 Å². The molecule has 0 bridgehead atoms. The number of carbonyl (C=O) groups is 2. The monoisotopic (exact) mass is 584 g/mol. The van der Waals surface area contributed by atoms with E-state index in [9.17, 15) is 44.5 Å². The Morgan fingerprint density at radius 2 is 1.65 bits per heavy atom. The molecule has 7 nitrogen and oxygen atoms in total. The molecule has 3 unspecified atom stereocenters. The molecule has 0 aromatic heterocycles. The van der Waals surface area contributed by atoms with Gasteiger partial charge in [0.15, 0.2) is 10.1 Å². The van der Waals surface area contributed by atoms with Crippen LogP contribution in [0.2, 0.25) is 0 Å². The van der Waals surface area contributed by atoms with Gasteiger partial charge in [-0.1, -0.05) is 25.0 Å². The lowest BCUT2D eigenvalue weighted by Crippen LogP contribution is -2.53. The maximum atomic E-state index is 13.6. The second-order valence-electron chi connectivity index (χ2n) is 6.84. The van der Waals surface area contributed by atoms with Gasteiger partial charge in [0, 0.05) is 3.57 Å². The summed E-state index contributed by atoms with van der Waals surface area (Å²) in [6.45, 7) is 0. The summed E-state index contributed by atoms with van der Waals surface area (Å²) in [6, 6.07) is 6.53. The molecule has 0 spiro atoms. The van der Waals surface area contributed by atoms with Crippen molar-refractivity contribution in [2.45, 2.75) is 43.2 Å². The standard InChI is InChI=1S/C17H17F5INO6S/c18-16(19,20)15(17(21,22)31(27,28)29)30-14(26)10-6-2-1-5-9(10)13(25)24-12-8-4-3-7-11(12)23/h3-4,7-10,15H,1-2,5-6H2,(H,24,25)(H,27,28,29)/p-1. The molecule has 1 fully saturated rings. The third-order valence-electron chi connectivity index (χ3n) is 4.71. The van der Waals surface area contributed by atoms with Crippen LogP contribution >= 0.6 is 22.6 Å². The zero-order valence-corrected chi connectivity index (χ0v) is 18.5. The predicted octanol–water partition coefficient (Wildman–Crippen LogP) is 3.65. The van der Waals surface area contributed by atoms with Gasteiger partial charge in [-0.2, -0.15) is 22.0 Å². The average molecular weight is 584 g/mol. The number of hydrogen-bond acceptors (Lipinski definition) is 6. The number of anilines is 1. The van der Waals surface area contributed by atoms with E-state index in [2.05, 4.69) is 10.1 Å². The minimum absolute atomic E-state index is 0.0714. The Labute approximate surface area is 187 Å². The Hall–Kier alpha value is -1.55. The van der Waals surface area contributed by atoms with Gasteiger partial charge < -0.3 is 14.6 Å². The number of ether oxygens (including phenoxy) is 1. The van der Waals surface area contributed by atoms with Crippen molar-refractivity contribution < 1.29 is 49.2 Å². The number of para-hydroxylation sites is 1. The van der Waals surface area contributed by atoms with Gasteiger partial charge in [0.25, 0.3) is 6.10 Å². The van der Waals surface area contributed by atoms with E-state index in [1.165, 1.54) is 0 Å². The second-order valence-corrected chi connectivity index (χ2v) is 9.46. The quantitative estimate of drug-likeness (QED) is 0.237. The highest BCUT2D eigenvalue weighted by atomic mass is 127. The molecular weight excluding hydrogens is 568 g/mol. The lowest BCUT2D eigenvalue weighted by atomic mass is 9.78. The fourth-order valence-corrected chi connectivity index (χ4v) is 4.14. The smallest absolute Gasteiger partial charge is 0.432 e. The fourth-order valence-electron chi connectivity index (χ4n) is 3.18. The second kappa shape index (κ2) is 9.52. The molecule has 1 N–H and O–H groups in total. The van der Waals surface area contributed by atoms with E-state index in [4.69, 9.17) is 0 Å². The molecule has 3 atom stereocenters. The lowest BCUT2D eigenvalue weighted by molar-refractivity contribution is -0.261. The molecule has 1 saturated carbocycles. The summed E-state index contributed by atoms with van der Waals surface area (Å²) in [4.78, 5) is 25.0. The molecule has 31 heavy (non-hydrogen) atoms. The summed E-state index contributed by atoms with van der Waals surface area (Å²) in [5.41, 5.74) is 0.378. The van der Waals surface area contributed by atoms with E-state index >= 15 is 0 Å². The fraction of sp³-hybridized carbons (Fsp3) is 0.529. The summed E-state index contributed by atoms with van der Waals surface area (Å²) in [7, 11) is -6.80. The molecule has 0 saturated heterocycles. The normalized spacial score (nSPS) is 21.3. The molecular formula is C17H16F5INO6S-. The summed E-state index contributed by atoms with van der Waals surface area (Å²) < 4.78 is 103. The number of halogens is 6. The zero-order chi connectivity index (χ0) is 23.6. The van der Waals surface area contributed by atoms with Crippen LogP contribution in [-0.2, 0) is 24.4 Å². The van der Waals surface area contributed by atoms with Crippen molar-refractivity contribution in [3.05, 3.63) is 27.8 Å². The Bertz CT molecular complexity index is 939. The number of amides is 1. The molecule has 14 heteroatoms. The molecule has 0 heterocycles. The number of hydrogen-bond donors (Lipinski definition) is 1. The van der Waals surface area contributed by atoms with Crippen LogP contribution in [-0.4, -0.2) is 42.4 Å². The van der Waals surface area contributed by atoms with Crippen LogP contribution in [0.3, 0.4) is 0 Å². The summed E-state index contributed by atoms with van der Waals surface area (Å²) in [5.74, 6) is -5.26. The van der Waals surface area contributed by atoms with Crippen LogP contribution in [0.5, 0.6) is 0 Å². The average Bonchev–Trinajstić information content (AvgIpc) is 2.65. The van der Waals surface area contributed by atoms with Gasteiger partial charge in [-0.05, 0) is 47.6 Å². The van der Waals surface area contributed by atoms with Gasteiger partial charge in [-0.25, -0.2) is 8.42 Å². The van der Waals surface area contributed by atoms with E-state index in [0.717, 1.165) is 0 Å². The first-order valence-corrected chi connectivity index (χ1v) is 11.3. The number of rotatable bonds is 6. The van der Waals surface area contributed by atoms with Crippen LogP contribution in [0.4, 0.5) is 27.6 Å². The third kappa shape index (κ3) is 6.03. The number of alkyl halides is 5. The number of benzene rings is 1. The Morgan fingerprint density at radius 3 is 2.16 bits per heavy atom. The Balaban J connectivity index is 2.26. The van der Waals surface area contributed by atoms with Crippen molar-refractivity contribution in [2.24, 2.45) is 11.8 Å². The maximum Gasteiger partial charge on any atom is 0.432 e. The van der Waals surface area contributed by atoms with Crippen LogP contribution < -0.4 is 5.32 Å². The van der Waals surface area contributed by atoms with Crippen molar-refractivity contribution in [1.82, 2.24) is 0 Å². The third-order valence-corrected chi connectivity index (χ3v) is 6.53. The minimum atomic E-state index is -6.80. The van der Waals surface area contributed by atoms with E-state index < -0.39 is 51.4 Å². The van der Waals surface area contributed by atoms with E-state index in [1.54, 1.807) is 24.3 Å².